The molecule has 0 unspecified atom stereocenters. The first-order valence-electron chi connectivity index (χ1n) is 2.22. The van der Waals surface area contributed by atoms with Crippen LogP contribution in [0.25, 0.3) is 0 Å². The second-order valence-electron chi connectivity index (χ2n) is 1.47. The van der Waals surface area contributed by atoms with Crippen molar-refractivity contribution in [2.24, 2.45) is 5.84 Å². The van der Waals surface area contributed by atoms with Crippen molar-refractivity contribution in [3.05, 3.63) is 0 Å². The second kappa shape index (κ2) is 4.05. The first kappa shape index (κ1) is 6.88. The molecule has 0 heterocycles. The van der Waals surface area contributed by atoms with E-state index >= 15 is 0 Å². The maximum Gasteiger partial charge on any atom is 0.0603 e. The Morgan fingerprint density at radius 1 is 1.71 bits per heavy atom. The van der Waals surface area contributed by atoms with E-state index in [0.717, 1.165) is 6.54 Å². The number of hydrogen-bond acceptors (Lipinski definition) is 3. The summed E-state index contributed by atoms with van der Waals surface area (Å²) in [6.45, 7) is 1.49. The molecule has 0 atom stereocenters. The van der Waals surface area contributed by atoms with Crippen molar-refractivity contribution in [1.29, 1.82) is 0 Å². The van der Waals surface area contributed by atoms with Crippen LogP contribution in [0.1, 0.15) is 0 Å². The van der Waals surface area contributed by atoms with Crippen LogP contribution in [0.15, 0.2) is 0 Å². The van der Waals surface area contributed by atoms with E-state index in [1.54, 1.807) is 19.2 Å². The molecule has 0 fully saturated rings. The summed E-state index contributed by atoms with van der Waals surface area (Å²) in [5.74, 6) is 5.23. The number of rotatable bonds is 3. The lowest BCUT2D eigenvalue weighted by molar-refractivity contribution is 0.162. The van der Waals surface area contributed by atoms with Gasteiger partial charge in [-0.25, -0.2) is 5.01 Å². The van der Waals surface area contributed by atoms with Gasteiger partial charge in [0.1, 0.15) is 0 Å². The van der Waals surface area contributed by atoms with Crippen LogP contribution in [0.5, 0.6) is 0 Å². The zero-order chi connectivity index (χ0) is 5.70. The molecule has 0 amide bonds. The average molecular weight is 104 g/mol. The molecule has 0 saturated heterocycles. The minimum Gasteiger partial charge on any atom is -0.383 e. The van der Waals surface area contributed by atoms with Crippen molar-refractivity contribution >= 4 is 0 Å². The third kappa shape index (κ3) is 5.88. The average Bonchev–Trinajstić information content (AvgIpc) is 1.61. The fourth-order valence-electron chi connectivity index (χ4n) is 0.235. The molecule has 3 heteroatoms. The molecule has 0 rings (SSSR count). The Morgan fingerprint density at radius 2 is 2.29 bits per heavy atom. The Balaban J connectivity index is 2.68. The van der Waals surface area contributed by atoms with E-state index in [9.17, 15) is 0 Å². The molecule has 0 aromatic carbocycles. The van der Waals surface area contributed by atoms with E-state index in [1.165, 1.54) is 0 Å². The fourth-order valence-corrected chi connectivity index (χ4v) is 0.235. The molecule has 3 nitrogen and oxygen atoms in total. The van der Waals surface area contributed by atoms with Crippen LogP contribution in [-0.4, -0.2) is 32.3 Å². The van der Waals surface area contributed by atoms with Crippen molar-refractivity contribution < 1.29 is 4.74 Å². The molecule has 0 spiro atoms. The highest BCUT2D eigenvalue weighted by atomic mass is 16.5. The molecule has 0 bridgehead atoms. The molecule has 0 aromatic heterocycles. The van der Waals surface area contributed by atoms with Crippen molar-refractivity contribution in [2.75, 3.05) is 27.3 Å². The van der Waals surface area contributed by atoms with E-state index in [-0.39, 0.29) is 0 Å². The molecular weight excluding hydrogens is 92.1 g/mol. The molecule has 7 heavy (non-hydrogen) atoms. The van der Waals surface area contributed by atoms with Gasteiger partial charge >= 0.3 is 0 Å². The maximum atomic E-state index is 5.23. The topological polar surface area (TPSA) is 38.5 Å². The summed E-state index contributed by atoms with van der Waals surface area (Å²) in [6.07, 6.45) is 0. The van der Waals surface area contributed by atoms with E-state index in [0.29, 0.717) is 6.61 Å². The monoisotopic (exact) mass is 104 g/mol. The zero-order valence-corrected chi connectivity index (χ0v) is 4.85. The summed E-state index contributed by atoms with van der Waals surface area (Å²) in [5.41, 5.74) is 0. The minimum atomic E-state index is 0.701. The third-order valence-corrected chi connectivity index (χ3v) is 0.648. The summed E-state index contributed by atoms with van der Waals surface area (Å²) in [7, 11) is 3.46. The largest absolute Gasteiger partial charge is 0.383 e. The van der Waals surface area contributed by atoms with Gasteiger partial charge in [-0.15, -0.1) is 0 Å². The summed E-state index contributed by atoms with van der Waals surface area (Å²) in [4.78, 5) is 0. The smallest absolute Gasteiger partial charge is 0.0603 e. The van der Waals surface area contributed by atoms with Gasteiger partial charge in [0.15, 0.2) is 0 Å². The predicted molar refractivity (Wildman–Crippen MR) is 28.7 cm³/mol. The fraction of sp³-hybridized carbons (Fsp3) is 1.00. The van der Waals surface area contributed by atoms with E-state index in [2.05, 4.69) is 0 Å². The molecular formula is C4H12N2O. The van der Waals surface area contributed by atoms with Crippen molar-refractivity contribution in [1.82, 2.24) is 5.01 Å². The molecule has 0 aliphatic rings. The summed E-state index contributed by atoms with van der Waals surface area (Å²) < 4.78 is 4.73. The predicted octanol–water partition coefficient (Wildman–Crippen LogP) is -0.562. The summed E-state index contributed by atoms with van der Waals surface area (Å²) in [5, 5.41) is 1.59. The second-order valence-corrected chi connectivity index (χ2v) is 1.47. The SMILES string of the molecule is COCCN(C)N. The quantitative estimate of drug-likeness (QED) is 0.385. The van der Waals surface area contributed by atoms with Gasteiger partial charge in [0.05, 0.1) is 6.61 Å². The van der Waals surface area contributed by atoms with E-state index < -0.39 is 0 Å². The standard InChI is InChI=1S/C4H12N2O/c1-6(5)3-4-7-2/h3-5H2,1-2H3. The van der Waals surface area contributed by atoms with Gasteiger partial charge in [0.25, 0.3) is 0 Å². The van der Waals surface area contributed by atoms with Crippen LogP contribution in [0.3, 0.4) is 0 Å². The molecule has 0 aromatic rings. The Labute approximate surface area is 44.0 Å². The first-order valence-corrected chi connectivity index (χ1v) is 2.22. The Kier molecular flexibility index (Phi) is 3.98. The molecule has 0 aliphatic heterocycles. The van der Waals surface area contributed by atoms with Gasteiger partial charge in [-0.1, -0.05) is 0 Å². The first-order chi connectivity index (χ1) is 3.27. The number of hydrogen-bond donors (Lipinski definition) is 1. The molecule has 0 radical (unpaired) electrons. The minimum absolute atomic E-state index is 0.701. The van der Waals surface area contributed by atoms with Gasteiger partial charge in [0.2, 0.25) is 0 Å². The van der Waals surface area contributed by atoms with Crippen LogP contribution in [0, 0.1) is 0 Å². The highest BCUT2D eigenvalue weighted by Gasteiger charge is 1.84. The summed E-state index contributed by atoms with van der Waals surface area (Å²) >= 11 is 0. The molecule has 2 N–H and O–H groups in total. The Morgan fingerprint density at radius 3 is 2.43 bits per heavy atom. The van der Waals surface area contributed by atoms with Crippen molar-refractivity contribution in [2.45, 2.75) is 0 Å². The van der Waals surface area contributed by atoms with Gasteiger partial charge in [0, 0.05) is 20.7 Å². The van der Waals surface area contributed by atoms with Crippen LogP contribution in [0.4, 0.5) is 0 Å². The lowest BCUT2D eigenvalue weighted by Crippen LogP contribution is -2.29. The molecule has 44 valence electrons. The number of hydrazine groups is 1. The van der Waals surface area contributed by atoms with Gasteiger partial charge in [-0.05, 0) is 0 Å². The highest BCUT2D eigenvalue weighted by molar-refractivity contribution is 4.33. The van der Waals surface area contributed by atoms with Gasteiger partial charge < -0.3 is 4.74 Å². The lowest BCUT2D eigenvalue weighted by atomic mass is 10.7. The third-order valence-electron chi connectivity index (χ3n) is 0.648. The van der Waals surface area contributed by atoms with Crippen LogP contribution >= 0.6 is 0 Å². The van der Waals surface area contributed by atoms with Crippen molar-refractivity contribution in [3.63, 3.8) is 0 Å². The summed E-state index contributed by atoms with van der Waals surface area (Å²) in [6, 6.07) is 0. The van der Waals surface area contributed by atoms with Crippen molar-refractivity contribution in [3.8, 4) is 0 Å². The Hall–Kier alpha value is -0.120. The van der Waals surface area contributed by atoms with Gasteiger partial charge in [-0.3, -0.25) is 5.84 Å². The van der Waals surface area contributed by atoms with E-state index in [1.807, 2.05) is 0 Å². The maximum absolute atomic E-state index is 5.23. The molecule has 0 saturated carbocycles. The zero-order valence-electron chi connectivity index (χ0n) is 4.85. The van der Waals surface area contributed by atoms with Crippen LogP contribution in [0.2, 0.25) is 0 Å². The number of likely N-dealkylation sites (N-methyl/N-ethyl adjacent to an activating group) is 1. The number of nitrogens with zero attached hydrogens (tertiary/aromatic N) is 1. The number of methoxy groups -OCH3 is 1. The lowest BCUT2D eigenvalue weighted by Gasteiger charge is -2.06. The normalized spacial score (nSPS) is 10.3. The Bertz CT molecular complexity index is 38.7. The van der Waals surface area contributed by atoms with Crippen LogP contribution < -0.4 is 5.84 Å². The van der Waals surface area contributed by atoms with Crippen LogP contribution in [-0.2, 0) is 4.74 Å². The molecule has 0 aliphatic carbocycles. The van der Waals surface area contributed by atoms with E-state index in [4.69, 9.17) is 10.6 Å². The van der Waals surface area contributed by atoms with Gasteiger partial charge in [-0.2, -0.15) is 0 Å². The number of nitrogens with two attached hydrogens (primary N) is 1. The number of ether oxygens (including phenoxy) is 1. The highest BCUT2D eigenvalue weighted by Crippen LogP contribution is 1.68.